The molecule has 0 unspecified atom stereocenters. The number of rotatable bonds is 4. The molecule has 0 saturated carbocycles. The van der Waals surface area contributed by atoms with E-state index >= 15 is 0 Å². The van der Waals surface area contributed by atoms with Crippen LogP contribution in [0.2, 0.25) is 0 Å². The number of carbonyl (C=O) groups is 2. The average molecular weight is 421 g/mol. The van der Waals surface area contributed by atoms with Crippen LogP contribution in [0.15, 0.2) is 64.9 Å². The Bertz CT molecular complexity index is 1200. The molecule has 2 heterocycles. The molecule has 0 bridgehead atoms. The molecule has 0 atom stereocenters. The third kappa shape index (κ3) is 3.93. The second kappa shape index (κ2) is 7.86. The maximum absolute atomic E-state index is 13.0. The topological polar surface area (TPSA) is 101 Å². The van der Waals surface area contributed by atoms with E-state index in [4.69, 9.17) is 19.7 Å². The van der Waals surface area contributed by atoms with E-state index in [0.717, 1.165) is 12.1 Å². The summed E-state index contributed by atoms with van der Waals surface area (Å²) in [6.45, 7) is 1.69. The standard InChI is InChI=1S/C22H16FN3O5/c1-12-9-19-25-21(27)16(20(24)26(19)31-12)10-13-3-8-17(18(11-13)29-2)30-22(28)14-4-6-15(23)7-5-14/h3-11,24H,1-2H3/b16-10-,24-20?. The summed E-state index contributed by atoms with van der Waals surface area (Å²) in [5.41, 5.74) is 0.734. The number of amidine groups is 2. The molecule has 0 saturated heterocycles. The molecular formula is C22H16FN3O5. The van der Waals surface area contributed by atoms with Gasteiger partial charge in [0.05, 0.1) is 18.2 Å². The zero-order valence-corrected chi connectivity index (χ0v) is 16.5. The van der Waals surface area contributed by atoms with Gasteiger partial charge in [0, 0.05) is 6.08 Å². The number of carbonyl (C=O) groups excluding carboxylic acids is 2. The van der Waals surface area contributed by atoms with Crippen molar-refractivity contribution in [2.45, 2.75) is 6.92 Å². The van der Waals surface area contributed by atoms with Gasteiger partial charge in [0.1, 0.15) is 11.6 Å². The van der Waals surface area contributed by atoms with Crippen LogP contribution in [-0.2, 0) is 9.63 Å². The second-order valence-electron chi connectivity index (χ2n) is 6.63. The lowest BCUT2D eigenvalue weighted by Gasteiger charge is -2.23. The molecule has 0 aromatic heterocycles. The Morgan fingerprint density at radius 1 is 1.19 bits per heavy atom. The van der Waals surface area contributed by atoms with Gasteiger partial charge in [-0.2, -0.15) is 4.99 Å². The zero-order valence-electron chi connectivity index (χ0n) is 16.5. The van der Waals surface area contributed by atoms with Gasteiger partial charge < -0.3 is 14.3 Å². The van der Waals surface area contributed by atoms with E-state index in [-0.39, 0.29) is 34.3 Å². The smallest absolute Gasteiger partial charge is 0.343 e. The highest BCUT2D eigenvalue weighted by Gasteiger charge is 2.34. The molecule has 9 heteroatoms. The molecule has 31 heavy (non-hydrogen) atoms. The first-order chi connectivity index (χ1) is 14.9. The average Bonchev–Trinajstić information content (AvgIpc) is 3.12. The second-order valence-corrected chi connectivity index (χ2v) is 6.63. The fourth-order valence-electron chi connectivity index (χ4n) is 2.97. The summed E-state index contributed by atoms with van der Waals surface area (Å²) in [7, 11) is 1.40. The minimum atomic E-state index is -0.676. The van der Waals surface area contributed by atoms with E-state index < -0.39 is 17.7 Å². The summed E-state index contributed by atoms with van der Waals surface area (Å²) in [6.07, 6.45) is 3.03. The maximum Gasteiger partial charge on any atom is 0.343 e. The molecule has 0 radical (unpaired) electrons. The van der Waals surface area contributed by atoms with Gasteiger partial charge in [-0.05, 0) is 55.0 Å². The van der Waals surface area contributed by atoms with Gasteiger partial charge in [-0.1, -0.05) is 6.07 Å². The van der Waals surface area contributed by atoms with Gasteiger partial charge in [0.2, 0.25) is 0 Å². The van der Waals surface area contributed by atoms with Crippen LogP contribution in [0.1, 0.15) is 22.8 Å². The Morgan fingerprint density at radius 2 is 1.94 bits per heavy atom. The molecule has 4 rings (SSSR count). The Morgan fingerprint density at radius 3 is 2.65 bits per heavy atom. The van der Waals surface area contributed by atoms with Crippen molar-refractivity contribution in [1.29, 1.82) is 5.41 Å². The molecule has 156 valence electrons. The minimum Gasteiger partial charge on any atom is -0.493 e. The molecule has 0 fully saturated rings. The van der Waals surface area contributed by atoms with Crippen LogP contribution < -0.4 is 9.47 Å². The number of nitrogens with zero attached hydrogens (tertiary/aromatic N) is 2. The molecular weight excluding hydrogens is 405 g/mol. The van der Waals surface area contributed by atoms with Crippen molar-refractivity contribution < 1.29 is 28.3 Å². The van der Waals surface area contributed by atoms with Gasteiger partial charge in [0.25, 0.3) is 5.91 Å². The van der Waals surface area contributed by atoms with E-state index in [1.807, 2.05) is 0 Å². The Hall–Kier alpha value is -4.27. The number of halogens is 1. The van der Waals surface area contributed by atoms with Crippen molar-refractivity contribution in [2.24, 2.45) is 4.99 Å². The number of amides is 1. The summed E-state index contributed by atoms with van der Waals surface area (Å²) in [6, 6.07) is 9.59. The molecule has 0 aliphatic carbocycles. The highest BCUT2D eigenvalue weighted by atomic mass is 19.1. The molecule has 0 spiro atoms. The van der Waals surface area contributed by atoms with Crippen LogP contribution in [0.25, 0.3) is 6.08 Å². The van der Waals surface area contributed by atoms with Crippen LogP contribution in [0.5, 0.6) is 11.5 Å². The van der Waals surface area contributed by atoms with Crippen LogP contribution in [0.4, 0.5) is 4.39 Å². The molecule has 1 amide bonds. The third-order valence-corrected chi connectivity index (χ3v) is 4.46. The van der Waals surface area contributed by atoms with E-state index in [0.29, 0.717) is 11.3 Å². The molecule has 2 aliphatic rings. The highest BCUT2D eigenvalue weighted by molar-refractivity contribution is 6.32. The van der Waals surface area contributed by atoms with Gasteiger partial charge in [0.15, 0.2) is 23.2 Å². The van der Waals surface area contributed by atoms with Crippen LogP contribution in [-0.4, -0.2) is 35.7 Å². The van der Waals surface area contributed by atoms with Gasteiger partial charge in [-0.3, -0.25) is 10.2 Å². The van der Waals surface area contributed by atoms with E-state index in [1.54, 1.807) is 25.1 Å². The number of allylic oxidation sites excluding steroid dienone is 1. The SMILES string of the molecule is COc1cc(/C=C2/C(=N)N3OC(C)=CC3=NC2=O)ccc1OC(=O)c1ccc(F)cc1. The lowest BCUT2D eigenvalue weighted by Crippen LogP contribution is -2.38. The normalized spacial score (nSPS) is 16.5. The summed E-state index contributed by atoms with van der Waals surface area (Å²) in [5.74, 6) is -0.700. The number of methoxy groups -OCH3 is 1. The number of ether oxygens (including phenoxy) is 2. The van der Waals surface area contributed by atoms with Gasteiger partial charge in [-0.15, -0.1) is 5.06 Å². The van der Waals surface area contributed by atoms with Crippen molar-refractivity contribution in [3.8, 4) is 11.5 Å². The number of hydrogen-bond donors (Lipinski definition) is 1. The Labute approximate surface area is 176 Å². The molecule has 2 aromatic rings. The molecule has 8 nitrogen and oxygen atoms in total. The molecule has 2 aliphatic heterocycles. The molecule has 1 N–H and O–H groups in total. The lowest BCUT2D eigenvalue weighted by molar-refractivity contribution is -0.114. The fraction of sp³-hybridized carbons (Fsp3) is 0.0909. The largest absolute Gasteiger partial charge is 0.493 e. The van der Waals surface area contributed by atoms with E-state index in [2.05, 4.69) is 4.99 Å². The first kappa shape index (κ1) is 20.0. The number of benzene rings is 2. The van der Waals surface area contributed by atoms with E-state index in [9.17, 15) is 14.0 Å². The zero-order chi connectivity index (χ0) is 22.1. The number of aliphatic imine (C=N–C) groups is 1. The van der Waals surface area contributed by atoms with Crippen molar-refractivity contribution >= 4 is 29.6 Å². The van der Waals surface area contributed by atoms with Crippen LogP contribution in [0.3, 0.4) is 0 Å². The predicted octanol–water partition coefficient (Wildman–Crippen LogP) is 3.50. The number of nitrogens with one attached hydrogen (secondary N) is 1. The highest BCUT2D eigenvalue weighted by Crippen LogP contribution is 2.31. The predicted molar refractivity (Wildman–Crippen MR) is 109 cm³/mol. The third-order valence-electron chi connectivity index (χ3n) is 4.46. The number of esters is 1. The number of hydrogen-bond acceptors (Lipinski definition) is 6. The quantitative estimate of drug-likeness (QED) is 0.461. The van der Waals surface area contributed by atoms with Gasteiger partial charge >= 0.3 is 5.97 Å². The number of fused-ring (bicyclic) bond motifs is 1. The summed E-state index contributed by atoms with van der Waals surface area (Å²) >= 11 is 0. The fourth-order valence-corrected chi connectivity index (χ4v) is 2.97. The first-order valence-corrected chi connectivity index (χ1v) is 9.11. The molecule has 2 aromatic carbocycles. The van der Waals surface area contributed by atoms with Crippen LogP contribution in [0, 0.1) is 11.2 Å². The first-order valence-electron chi connectivity index (χ1n) is 9.11. The summed E-state index contributed by atoms with van der Waals surface area (Å²) in [5, 5.41) is 9.42. The minimum absolute atomic E-state index is 0.0324. The maximum atomic E-state index is 13.0. The van der Waals surface area contributed by atoms with Crippen LogP contribution >= 0.6 is 0 Å². The summed E-state index contributed by atoms with van der Waals surface area (Å²) < 4.78 is 23.7. The summed E-state index contributed by atoms with van der Waals surface area (Å²) in [4.78, 5) is 34.0. The van der Waals surface area contributed by atoms with Crippen molar-refractivity contribution in [3.05, 3.63) is 76.8 Å². The van der Waals surface area contributed by atoms with Crippen molar-refractivity contribution in [2.75, 3.05) is 7.11 Å². The Kier molecular flexibility index (Phi) is 5.08. The van der Waals surface area contributed by atoms with Crippen molar-refractivity contribution in [1.82, 2.24) is 5.06 Å². The van der Waals surface area contributed by atoms with E-state index in [1.165, 1.54) is 36.4 Å². The number of hydroxylamine groups is 2. The Balaban J connectivity index is 1.58. The lowest BCUT2D eigenvalue weighted by atomic mass is 10.1. The van der Waals surface area contributed by atoms with Crippen molar-refractivity contribution in [3.63, 3.8) is 0 Å². The monoisotopic (exact) mass is 421 g/mol. The van der Waals surface area contributed by atoms with Gasteiger partial charge in [-0.25, -0.2) is 9.18 Å².